The molecule has 0 saturated heterocycles. The molecule has 8 heteroatoms. The predicted octanol–water partition coefficient (Wildman–Crippen LogP) is 0.646. The summed E-state index contributed by atoms with van der Waals surface area (Å²) < 4.78 is 5.39. The average Bonchev–Trinajstić information content (AvgIpc) is 2.48. The number of carboxylic acids is 1. The van der Waals surface area contributed by atoms with E-state index in [9.17, 15) is 9.59 Å². The van der Waals surface area contributed by atoms with E-state index in [-0.39, 0.29) is 39.1 Å². The number of ether oxygens (including phenoxy) is 1. The van der Waals surface area contributed by atoms with E-state index in [1.54, 1.807) is 0 Å². The van der Waals surface area contributed by atoms with Crippen LogP contribution in [0.3, 0.4) is 0 Å². The van der Waals surface area contributed by atoms with Crippen LogP contribution in [0.25, 0.3) is 0 Å². The van der Waals surface area contributed by atoms with Gasteiger partial charge in [-0.2, -0.15) is 4.89 Å². The third-order valence-corrected chi connectivity index (χ3v) is 2.77. The van der Waals surface area contributed by atoms with Gasteiger partial charge in [-0.3, -0.25) is 9.68 Å². The molecule has 0 amide bonds. The fourth-order valence-corrected chi connectivity index (χ4v) is 1.60. The molecule has 0 spiro atoms. The van der Waals surface area contributed by atoms with Crippen LogP contribution in [0.5, 0.6) is 0 Å². The summed E-state index contributed by atoms with van der Waals surface area (Å²) in [6.45, 7) is 0.669. The molecule has 0 aliphatic heterocycles. The zero-order chi connectivity index (χ0) is 16.6. The van der Waals surface area contributed by atoms with Crippen LogP contribution in [0.1, 0.15) is 44.9 Å². The topological polar surface area (TPSA) is 123 Å². The van der Waals surface area contributed by atoms with Gasteiger partial charge in [0.05, 0.1) is 25.6 Å². The molecule has 0 bridgehead atoms. The number of hydrogen-bond donors (Lipinski definition) is 3. The second kappa shape index (κ2) is 14.7. The molecule has 0 aromatic rings. The minimum atomic E-state index is -0.999. The second-order valence-corrected chi connectivity index (χ2v) is 4.77. The molecule has 130 valence electrons. The third-order valence-electron chi connectivity index (χ3n) is 2.77. The van der Waals surface area contributed by atoms with Crippen LogP contribution in [0.4, 0.5) is 0 Å². The first-order chi connectivity index (χ1) is 10.6. The van der Waals surface area contributed by atoms with E-state index in [1.165, 1.54) is 0 Å². The molecule has 0 aliphatic rings. The van der Waals surface area contributed by atoms with Gasteiger partial charge >= 0.3 is 11.9 Å². The van der Waals surface area contributed by atoms with Crippen molar-refractivity contribution in [3.63, 3.8) is 0 Å². The monoisotopic (exact) mass is 322 g/mol. The molecule has 0 radical (unpaired) electrons. The summed E-state index contributed by atoms with van der Waals surface area (Å²) in [7, 11) is 0. The van der Waals surface area contributed by atoms with E-state index in [4.69, 9.17) is 20.1 Å². The predicted molar refractivity (Wildman–Crippen MR) is 75.9 cm³/mol. The Bertz CT molecular complexity index is 295. The van der Waals surface area contributed by atoms with E-state index >= 15 is 0 Å². The first-order valence-corrected chi connectivity index (χ1v) is 7.47. The molecular formula is C14H26O8. The minimum absolute atomic E-state index is 0.00204. The third kappa shape index (κ3) is 13.7. The van der Waals surface area contributed by atoms with Crippen LogP contribution in [0, 0.1) is 0 Å². The molecule has 0 rings (SSSR count). The fourth-order valence-electron chi connectivity index (χ4n) is 1.60. The SMILES string of the molecule is O=C(O)CC(CCC(=O)OOCCCCO)OCCCCO. The Morgan fingerprint density at radius 1 is 0.955 bits per heavy atom. The lowest BCUT2D eigenvalue weighted by atomic mass is 10.1. The maximum Gasteiger partial charge on any atom is 0.342 e. The standard InChI is InChI=1S/C14H26O8/c15-7-1-3-9-20-12(11-13(17)18)5-6-14(19)22-21-10-4-2-8-16/h12,15-16H,1-11H2,(H,17,18). The zero-order valence-corrected chi connectivity index (χ0v) is 12.7. The molecule has 8 nitrogen and oxygen atoms in total. The van der Waals surface area contributed by atoms with Crippen molar-refractivity contribution < 1.29 is 39.4 Å². The largest absolute Gasteiger partial charge is 0.481 e. The molecule has 0 aromatic carbocycles. The van der Waals surface area contributed by atoms with Gasteiger partial charge in [-0.25, -0.2) is 4.79 Å². The highest BCUT2D eigenvalue weighted by Crippen LogP contribution is 2.09. The summed E-state index contributed by atoms with van der Waals surface area (Å²) in [5, 5.41) is 26.0. The molecule has 3 N–H and O–H groups in total. The van der Waals surface area contributed by atoms with Gasteiger partial charge < -0.3 is 20.1 Å². The Balaban J connectivity index is 3.84. The quantitative estimate of drug-likeness (QED) is 0.228. The number of hydrogen-bond acceptors (Lipinski definition) is 7. The van der Waals surface area contributed by atoms with Gasteiger partial charge in [0.25, 0.3) is 0 Å². The smallest absolute Gasteiger partial charge is 0.342 e. The van der Waals surface area contributed by atoms with Crippen molar-refractivity contribution >= 4 is 11.9 Å². The molecular weight excluding hydrogens is 296 g/mol. The molecule has 0 heterocycles. The number of aliphatic carboxylic acids is 1. The summed E-state index contributed by atoms with van der Waals surface area (Å²) in [5.41, 5.74) is 0. The Morgan fingerprint density at radius 2 is 1.59 bits per heavy atom. The molecule has 0 aliphatic carbocycles. The van der Waals surface area contributed by atoms with Crippen molar-refractivity contribution in [2.75, 3.05) is 26.4 Å². The van der Waals surface area contributed by atoms with Crippen molar-refractivity contribution in [1.82, 2.24) is 0 Å². The lowest BCUT2D eigenvalue weighted by Gasteiger charge is -2.15. The number of unbranched alkanes of at least 4 members (excludes halogenated alkanes) is 2. The van der Waals surface area contributed by atoms with Crippen molar-refractivity contribution in [3.8, 4) is 0 Å². The summed E-state index contributed by atoms with van der Waals surface area (Å²) >= 11 is 0. The van der Waals surface area contributed by atoms with Crippen LogP contribution < -0.4 is 0 Å². The van der Waals surface area contributed by atoms with Crippen molar-refractivity contribution in [2.45, 2.75) is 51.0 Å². The van der Waals surface area contributed by atoms with E-state index in [0.717, 1.165) is 0 Å². The summed E-state index contributed by atoms with van der Waals surface area (Å²) in [6, 6.07) is 0. The maximum atomic E-state index is 11.4. The highest BCUT2D eigenvalue weighted by Gasteiger charge is 2.16. The number of carbonyl (C=O) groups is 2. The molecule has 22 heavy (non-hydrogen) atoms. The summed E-state index contributed by atoms with van der Waals surface area (Å²) in [6.07, 6.45) is 1.83. The maximum absolute atomic E-state index is 11.4. The lowest BCUT2D eigenvalue weighted by molar-refractivity contribution is -0.273. The van der Waals surface area contributed by atoms with Crippen molar-refractivity contribution in [1.29, 1.82) is 0 Å². The van der Waals surface area contributed by atoms with Gasteiger partial charge in [-0.15, -0.1) is 0 Å². The van der Waals surface area contributed by atoms with Gasteiger partial charge in [-0.05, 0) is 32.1 Å². The molecule has 1 unspecified atom stereocenters. The Kier molecular flexibility index (Phi) is 13.9. The molecule has 1 atom stereocenters. The van der Waals surface area contributed by atoms with E-state index in [1.807, 2.05) is 0 Å². The van der Waals surface area contributed by atoms with Crippen molar-refractivity contribution in [3.05, 3.63) is 0 Å². The van der Waals surface area contributed by atoms with Crippen LogP contribution in [-0.4, -0.2) is 59.8 Å². The van der Waals surface area contributed by atoms with Gasteiger partial charge in [0.2, 0.25) is 0 Å². The Morgan fingerprint density at radius 3 is 2.18 bits per heavy atom. The molecule has 0 fully saturated rings. The van der Waals surface area contributed by atoms with Gasteiger partial charge in [0.1, 0.15) is 0 Å². The van der Waals surface area contributed by atoms with E-state index in [2.05, 4.69) is 9.78 Å². The Hall–Kier alpha value is -1.22. The van der Waals surface area contributed by atoms with Gasteiger partial charge in [0, 0.05) is 19.8 Å². The first kappa shape index (κ1) is 20.8. The molecule has 0 aromatic heterocycles. The summed E-state index contributed by atoms with van der Waals surface area (Å²) in [4.78, 5) is 31.4. The fraction of sp³-hybridized carbons (Fsp3) is 0.857. The number of aliphatic hydroxyl groups is 2. The van der Waals surface area contributed by atoms with Crippen molar-refractivity contribution in [2.24, 2.45) is 0 Å². The minimum Gasteiger partial charge on any atom is -0.481 e. The normalized spacial score (nSPS) is 12.1. The second-order valence-electron chi connectivity index (χ2n) is 4.77. The number of carboxylic acid groups (broad SMARTS) is 1. The van der Waals surface area contributed by atoms with E-state index < -0.39 is 18.0 Å². The first-order valence-electron chi connectivity index (χ1n) is 7.47. The highest BCUT2D eigenvalue weighted by atomic mass is 17.2. The van der Waals surface area contributed by atoms with E-state index in [0.29, 0.717) is 32.3 Å². The zero-order valence-electron chi connectivity index (χ0n) is 12.7. The number of rotatable bonds is 15. The summed E-state index contributed by atoms with van der Waals surface area (Å²) in [5.74, 6) is -1.58. The van der Waals surface area contributed by atoms with Crippen LogP contribution >= 0.6 is 0 Å². The van der Waals surface area contributed by atoms with Gasteiger partial charge in [-0.1, -0.05) is 0 Å². The highest BCUT2D eigenvalue weighted by molar-refractivity contribution is 5.69. The Labute approximate surface area is 129 Å². The van der Waals surface area contributed by atoms with Crippen LogP contribution in [0.15, 0.2) is 0 Å². The van der Waals surface area contributed by atoms with Crippen LogP contribution in [0.2, 0.25) is 0 Å². The molecule has 0 saturated carbocycles. The lowest BCUT2D eigenvalue weighted by Crippen LogP contribution is -2.20. The van der Waals surface area contributed by atoms with Gasteiger partial charge in [0.15, 0.2) is 0 Å². The van der Waals surface area contributed by atoms with Crippen LogP contribution in [-0.2, 0) is 24.1 Å². The number of carbonyl (C=O) groups excluding carboxylic acids is 1. The number of aliphatic hydroxyl groups excluding tert-OH is 2. The average molecular weight is 322 g/mol.